The van der Waals surface area contributed by atoms with Crippen molar-refractivity contribution in [2.45, 2.75) is 40.3 Å². The number of anilines is 1. The third kappa shape index (κ3) is 6.34. The lowest BCUT2D eigenvalue weighted by molar-refractivity contribution is 0.242. The maximum absolute atomic E-state index is 5.92. The molecular formula is C16H23IN4OS. The Bertz CT molecular complexity index is 653. The number of hydrogen-bond donors (Lipinski definition) is 2. The van der Waals surface area contributed by atoms with Crippen LogP contribution in [-0.2, 0) is 6.54 Å². The van der Waals surface area contributed by atoms with E-state index >= 15 is 0 Å². The molecule has 5 nitrogen and oxygen atoms in total. The number of nitrogens with one attached hydrogen (secondary N) is 1. The number of guanidine groups is 1. The van der Waals surface area contributed by atoms with Crippen LogP contribution in [0.4, 0.5) is 5.69 Å². The number of thiazole rings is 1. The van der Waals surface area contributed by atoms with Crippen molar-refractivity contribution in [1.29, 1.82) is 0 Å². The van der Waals surface area contributed by atoms with E-state index in [0.717, 1.165) is 27.0 Å². The van der Waals surface area contributed by atoms with Crippen LogP contribution in [0.5, 0.6) is 5.75 Å². The molecule has 1 heterocycles. The molecule has 1 aromatic carbocycles. The normalized spacial score (nSPS) is 11.3. The molecule has 0 spiro atoms. The standard InChI is InChI=1S/C16H22N4OS.HI/c1-10(2)21-14-7-5-13(6-8-14)20-16(17)18-9-15-11(3)19-12(4)22-15;/h5-8,10H,9H2,1-4H3,(H3,17,18,20);1H. The average molecular weight is 446 g/mol. The summed E-state index contributed by atoms with van der Waals surface area (Å²) < 4.78 is 5.60. The number of ether oxygens (including phenoxy) is 1. The van der Waals surface area contributed by atoms with Gasteiger partial charge in [0.25, 0.3) is 0 Å². The third-order valence-electron chi connectivity index (χ3n) is 2.89. The van der Waals surface area contributed by atoms with Crippen molar-refractivity contribution in [2.75, 3.05) is 5.32 Å². The van der Waals surface area contributed by atoms with Crippen molar-refractivity contribution in [3.8, 4) is 5.75 Å². The van der Waals surface area contributed by atoms with E-state index in [4.69, 9.17) is 10.5 Å². The molecule has 0 aliphatic rings. The molecule has 0 bridgehead atoms. The van der Waals surface area contributed by atoms with Gasteiger partial charge >= 0.3 is 0 Å². The van der Waals surface area contributed by atoms with Gasteiger partial charge in [0, 0.05) is 10.6 Å². The molecule has 126 valence electrons. The summed E-state index contributed by atoms with van der Waals surface area (Å²) in [5.74, 6) is 1.23. The fourth-order valence-electron chi connectivity index (χ4n) is 1.95. The van der Waals surface area contributed by atoms with Crippen LogP contribution in [0.3, 0.4) is 0 Å². The first-order chi connectivity index (χ1) is 10.4. The Morgan fingerprint density at radius 1 is 1.30 bits per heavy atom. The number of hydrogen-bond acceptors (Lipinski definition) is 4. The van der Waals surface area contributed by atoms with Crippen molar-refractivity contribution in [2.24, 2.45) is 10.7 Å². The van der Waals surface area contributed by atoms with Crippen LogP contribution in [0, 0.1) is 13.8 Å². The maximum atomic E-state index is 5.92. The number of nitrogens with zero attached hydrogens (tertiary/aromatic N) is 2. The van der Waals surface area contributed by atoms with Crippen LogP contribution in [-0.4, -0.2) is 17.0 Å². The molecule has 1 aromatic heterocycles. The molecule has 2 aromatic rings. The predicted octanol–water partition coefficient (Wildman–Crippen LogP) is 4.09. The first-order valence-corrected chi connectivity index (χ1v) is 8.02. The SMILES string of the molecule is Cc1nc(C)c(CN=C(N)Nc2ccc(OC(C)C)cc2)s1.I. The highest BCUT2D eigenvalue weighted by Gasteiger charge is 2.04. The molecule has 0 amide bonds. The Hall–Kier alpha value is -1.35. The molecule has 2 rings (SSSR count). The number of aliphatic imine (C=N–C) groups is 1. The van der Waals surface area contributed by atoms with Gasteiger partial charge in [0.2, 0.25) is 0 Å². The van der Waals surface area contributed by atoms with E-state index in [1.807, 2.05) is 52.0 Å². The first kappa shape index (κ1) is 19.7. The van der Waals surface area contributed by atoms with Crippen LogP contribution in [0.1, 0.15) is 29.4 Å². The van der Waals surface area contributed by atoms with E-state index in [-0.39, 0.29) is 30.1 Å². The van der Waals surface area contributed by atoms with Gasteiger partial charge in [0.15, 0.2) is 5.96 Å². The summed E-state index contributed by atoms with van der Waals surface area (Å²) >= 11 is 1.65. The highest BCUT2D eigenvalue weighted by atomic mass is 127. The Kier molecular flexibility index (Phi) is 7.77. The molecule has 3 N–H and O–H groups in total. The zero-order valence-electron chi connectivity index (χ0n) is 13.8. The van der Waals surface area contributed by atoms with Gasteiger partial charge < -0.3 is 15.8 Å². The minimum absolute atomic E-state index is 0. The second-order valence-electron chi connectivity index (χ2n) is 5.26. The zero-order valence-corrected chi connectivity index (χ0v) is 16.9. The summed E-state index contributed by atoms with van der Waals surface area (Å²) in [6.07, 6.45) is 0.163. The molecule has 0 saturated carbocycles. The molecule has 0 fully saturated rings. The van der Waals surface area contributed by atoms with Gasteiger partial charge in [-0.3, -0.25) is 0 Å². The van der Waals surface area contributed by atoms with Gasteiger partial charge in [-0.15, -0.1) is 35.3 Å². The van der Waals surface area contributed by atoms with Crippen molar-refractivity contribution < 1.29 is 4.74 Å². The monoisotopic (exact) mass is 446 g/mol. The van der Waals surface area contributed by atoms with E-state index in [0.29, 0.717) is 12.5 Å². The second-order valence-corrected chi connectivity index (χ2v) is 6.55. The van der Waals surface area contributed by atoms with Crippen LogP contribution in [0.15, 0.2) is 29.3 Å². The predicted molar refractivity (Wildman–Crippen MR) is 108 cm³/mol. The zero-order chi connectivity index (χ0) is 16.1. The molecular weight excluding hydrogens is 423 g/mol. The highest BCUT2D eigenvalue weighted by Crippen LogP contribution is 2.19. The summed E-state index contributed by atoms with van der Waals surface area (Å²) in [4.78, 5) is 9.88. The molecule has 0 unspecified atom stereocenters. The number of aromatic nitrogens is 1. The fraction of sp³-hybridized carbons (Fsp3) is 0.375. The topological polar surface area (TPSA) is 72.5 Å². The molecule has 0 atom stereocenters. The van der Waals surface area contributed by atoms with Crippen LogP contribution >= 0.6 is 35.3 Å². The van der Waals surface area contributed by atoms with Gasteiger partial charge in [-0.1, -0.05) is 0 Å². The Morgan fingerprint density at radius 3 is 2.48 bits per heavy atom. The lowest BCUT2D eigenvalue weighted by atomic mass is 10.3. The van der Waals surface area contributed by atoms with Crippen LogP contribution in [0.25, 0.3) is 0 Å². The molecule has 23 heavy (non-hydrogen) atoms. The first-order valence-electron chi connectivity index (χ1n) is 7.20. The Morgan fingerprint density at radius 2 is 1.96 bits per heavy atom. The Labute approximate surface area is 158 Å². The van der Waals surface area contributed by atoms with Gasteiger partial charge in [0.1, 0.15) is 5.75 Å². The van der Waals surface area contributed by atoms with Crippen molar-refractivity contribution in [1.82, 2.24) is 4.98 Å². The highest BCUT2D eigenvalue weighted by molar-refractivity contribution is 14.0. The largest absolute Gasteiger partial charge is 0.491 e. The van der Waals surface area contributed by atoms with Crippen molar-refractivity contribution in [3.63, 3.8) is 0 Å². The second kappa shape index (κ2) is 9.07. The van der Waals surface area contributed by atoms with Crippen molar-refractivity contribution >= 4 is 47.0 Å². The fourth-order valence-corrected chi connectivity index (χ4v) is 2.82. The van der Waals surface area contributed by atoms with Crippen LogP contribution < -0.4 is 15.8 Å². The molecule has 0 aliphatic heterocycles. The van der Waals surface area contributed by atoms with E-state index in [1.165, 1.54) is 0 Å². The molecule has 0 aliphatic carbocycles. The summed E-state index contributed by atoms with van der Waals surface area (Å²) in [6.45, 7) is 8.53. The quantitative estimate of drug-likeness (QED) is 0.412. The lowest BCUT2D eigenvalue weighted by Gasteiger charge is -2.10. The summed E-state index contributed by atoms with van der Waals surface area (Å²) in [5, 5.41) is 4.13. The van der Waals surface area contributed by atoms with Crippen LogP contribution in [0.2, 0.25) is 0 Å². The van der Waals surface area contributed by atoms with Gasteiger partial charge in [0.05, 0.1) is 23.4 Å². The minimum Gasteiger partial charge on any atom is -0.491 e. The van der Waals surface area contributed by atoms with E-state index in [9.17, 15) is 0 Å². The van der Waals surface area contributed by atoms with E-state index in [1.54, 1.807) is 11.3 Å². The Balaban J connectivity index is 0.00000264. The number of rotatable bonds is 5. The van der Waals surface area contributed by atoms with Gasteiger partial charge in [-0.2, -0.15) is 0 Å². The third-order valence-corrected chi connectivity index (χ3v) is 3.95. The number of aryl methyl sites for hydroxylation is 2. The smallest absolute Gasteiger partial charge is 0.193 e. The summed E-state index contributed by atoms with van der Waals surface area (Å²) in [5.41, 5.74) is 7.83. The van der Waals surface area contributed by atoms with Crippen molar-refractivity contribution in [3.05, 3.63) is 39.8 Å². The lowest BCUT2D eigenvalue weighted by Crippen LogP contribution is -2.22. The summed E-state index contributed by atoms with van der Waals surface area (Å²) in [7, 11) is 0. The van der Waals surface area contributed by atoms with E-state index < -0.39 is 0 Å². The summed E-state index contributed by atoms with van der Waals surface area (Å²) in [6, 6.07) is 7.66. The molecule has 7 heteroatoms. The van der Waals surface area contributed by atoms with Gasteiger partial charge in [-0.25, -0.2) is 9.98 Å². The number of halogens is 1. The average Bonchev–Trinajstić information content (AvgIpc) is 2.76. The van der Waals surface area contributed by atoms with Gasteiger partial charge in [-0.05, 0) is 52.0 Å². The molecule has 0 saturated heterocycles. The number of benzene rings is 1. The maximum Gasteiger partial charge on any atom is 0.193 e. The molecule has 0 radical (unpaired) electrons. The minimum atomic E-state index is 0. The number of nitrogens with two attached hydrogens (primary N) is 1. The van der Waals surface area contributed by atoms with E-state index in [2.05, 4.69) is 15.3 Å².